The molecule has 2 rings (SSSR count). The van der Waals surface area contributed by atoms with Gasteiger partial charge < -0.3 is 19.9 Å². The molecule has 0 aromatic heterocycles. The van der Waals surface area contributed by atoms with Crippen LogP contribution in [-0.4, -0.2) is 50.9 Å². The van der Waals surface area contributed by atoms with Gasteiger partial charge in [0.25, 0.3) is 0 Å². The Morgan fingerprint density at radius 1 is 1.28 bits per heavy atom. The monoisotopic (exact) mass is 370 g/mol. The van der Waals surface area contributed by atoms with Crippen LogP contribution in [0.25, 0.3) is 0 Å². The maximum Gasteiger partial charge on any atom is 0.405 e. The molecule has 1 fully saturated rings. The average molecular weight is 370 g/mol. The van der Waals surface area contributed by atoms with Gasteiger partial charge in [-0.05, 0) is 41.4 Å². The predicted octanol–water partition coefficient (Wildman–Crippen LogP) is 2.22. The third kappa shape index (κ3) is 5.09. The molecule has 138 valence electrons. The van der Waals surface area contributed by atoms with Crippen LogP contribution < -0.4 is 5.32 Å². The van der Waals surface area contributed by atoms with E-state index in [1.165, 1.54) is 24.3 Å². The zero-order chi connectivity index (χ0) is 18.6. The fourth-order valence-electron chi connectivity index (χ4n) is 2.89. The number of nitrogens with zero attached hydrogens (tertiary/aromatic N) is 1. The highest BCUT2D eigenvalue weighted by Gasteiger charge is 2.35. The van der Waals surface area contributed by atoms with Crippen LogP contribution in [0.5, 0.6) is 0 Å². The van der Waals surface area contributed by atoms with E-state index in [4.69, 9.17) is 5.11 Å². The molecule has 0 radical (unpaired) electrons. The Kier molecular flexibility index (Phi) is 6.66. The van der Waals surface area contributed by atoms with Gasteiger partial charge in [0, 0.05) is 25.9 Å². The zero-order valence-corrected chi connectivity index (χ0v) is 15.1. The Morgan fingerprint density at radius 2 is 1.84 bits per heavy atom. The number of hydrogen-bond donors (Lipinski definition) is 2. The van der Waals surface area contributed by atoms with E-state index < -0.39 is 23.3 Å². The molecule has 1 aliphatic heterocycles. The topological polar surface area (TPSA) is 92.7 Å². The number of likely N-dealkylation sites (tertiary alicyclic amines) is 1. The second kappa shape index (κ2) is 8.53. The van der Waals surface area contributed by atoms with Gasteiger partial charge in [-0.15, -0.1) is 0 Å². The number of halogens is 1. The average Bonchev–Trinajstić information content (AvgIpc) is 2.59. The van der Waals surface area contributed by atoms with Gasteiger partial charge in [0.1, 0.15) is 17.1 Å². The van der Waals surface area contributed by atoms with Gasteiger partial charge in [-0.3, -0.25) is 4.79 Å². The smallest absolute Gasteiger partial charge is 0.405 e. The summed E-state index contributed by atoms with van der Waals surface area (Å²) in [6.45, 7) is 4.44. The minimum Gasteiger partial charge on any atom is -0.611 e. The van der Waals surface area contributed by atoms with Crippen molar-refractivity contribution < 1.29 is 23.6 Å². The van der Waals surface area contributed by atoms with E-state index >= 15 is 0 Å². The fraction of sp³-hybridized carbons (Fsp3) is 0.529. The van der Waals surface area contributed by atoms with Crippen LogP contribution in [0.3, 0.4) is 0 Å². The molecule has 2 atom stereocenters. The molecule has 8 heteroatoms. The molecule has 0 aliphatic carbocycles. The minimum atomic E-state index is -1.25. The Bertz CT molecular complexity index is 603. The van der Waals surface area contributed by atoms with Crippen molar-refractivity contribution in [3.8, 4) is 0 Å². The van der Waals surface area contributed by atoms with Crippen LogP contribution in [0.1, 0.15) is 26.7 Å². The maximum absolute atomic E-state index is 13.0. The lowest BCUT2D eigenvalue weighted by Gasteiger charge is -2.35. The number of piperidine rings is 1. The normalized spacial score (nSPS) is 18.0. The van der Waals surface area contributed by atoms with E-state index in [0.29, 0.717) is 30.8 Å². The van der Waals surface area contributed by atoms with Crippen molar-refractivity contribution in [2.75, 3.05) is 13.1 Å². The zero-order valence-electron chi connectivity index (χ0n) is 14.3. The molecule has 1 unspecified atom stereocenters. The molecule has 2 amide bonds. The number of nitrogens with one attached hydrogen (secondary N) is 1. The number of benzene rings is 1. The second-order valence-electron chi connectivity index (χ2n) is 6.45. The number of carboxylic acid groups (broad SMARTS) is 1. The third-order valence-corrected chi connectivity index (χ3v) is 6.13. The molecule has 1 heterocycles. The second-order valence-corrected chi connectivity index (χ2v) is 8.18. The molecular weight excluding hydrogens is 347 g/mol. The highest BCUT2D eigenvalue weighted by molar-refractivity contribution is 7.92. The Morgan fingerprint density at radius 3 is 2.32 bits per heavy atom. The molecule has 1 aromatic rings. The molecule has 0 saturated carbocycles. The number of amides is 2. The summed E-state index contributed by atoms with van der Waals surface area (Å²) in [4.78, 5) is 25.6. The molecule has 0 spiro atoms. The first kappa shape index (κ1) is 19.5. The minimum absolute atomic E-state index is 0.0977. The molecular formula is C17H23FN2O4S. The van der Waals surface area contributed by atoms with E-state index in [1.54, 1.807) is 18.7 Å². The van der Waals surface area contributed by atoms with Crippen molar-refractivity contribution in [2.45, 2.75) is 42.9 Å². The highest BCUT2D eigenvalue weighted by Crippen LogP contribution is 2.25. The largest absolute Gasteiger partial charge is 0.611 e. The van der Waals surface area contributed by atoms with Crippen molar-refractivity contribution in [3.05, 3.63) is 30.1 Å². The van der Waals surface area contributed by atoms with Gasteiger partial charge in [-0.25, -0.2) is 9.18 Å². The SMILES string of the molecule is CC(C)[C@H](NC(=O)O)C(=O)N1CCC([S+]([O-])c2ccc(F)cc2)CC1. The van der Waals surface area contributed by atoms with Crippen LogP contribution >= 0.6 is 0 Å². The lowest BCUT2D eigenvalue weighted by molar-refractivity contribution is -0.135. The molecule has 0 bridgehead atoms. The molecule has 1 saturated heterocycles. The molecule has 1 aliphatic rings. The summed E-state index contributed by atoms with van der Waals surface area (Å²) in [6, 6.07) is 4.84. The first-order chi connectivity index (χ1) is 11.8. The van der Waals surface area contributed by atoms with Crippen molar-refractivity contribution in [3.63, 3.8) is 0 Å². The van der Waals surface area contributed by atoms with E-state index in [2.05, 4.69) is 5.32 Å². The number of hydrogen-bond acceptors (Lipinski definition) is 3. The van der Waals surface area contributed by atoms with E-state index in [-0.39, 0.29) is 22.9 Å². The van der Waals surface area contributed by atoms with Gasteiger partial charge in [0.15, 0.2) is 4.90 Å². The molecule has 2 N–H and O–H groups in total. The lowest BCUT2D eigenvalue weighted by Crippen LogP contribution is -2.53. The van der Waals surface area contributed by atoms with Gasteiger partial charge in [0.05, 0.1) is 0 Å². The summed E-state index contributed by atoms with van der Waals surface area (Å²) >= 11 is -1.25. The van der Waals surface area contributed by atoms with Crippen LogP contribution in [0.15, 0.2) is 29.2 Å². The maximum atomic E-state index is 13.0. The van der Waals surface area contributed by atoms with Crippen LogP contribution in [0.2, 0.25) is 0 Å². The first-order valence-corrected chi connectivity index (χ1v) is 9.45. The predicted molar refractivity (Wildman–Crippen MR) is 92.2 cm³/mol. The molecule has 25 heavy (non-hydrogen) atoms. The standard InChI is InChI=1S/C17H23FN2O4S/c1-11(2)15(19-17(22)23)16(21)20-9-7-14(8-10-20)25(24)13-5-3-12(18)4-6-13/h3-6,11,14-15,19H,7-10H2,1-2H3,(H,22,23)/t15-,25?/m0/s1. The summed E-state index contributed by atoms with van der Waals surface area (Å²) in [6.07, 6.45) is -0.0966. The van der Waals surface area contributed by atoms with Gasteiger partial charge in [-0.2, -0.15) is 0 Å². The summed E-state index contributed by atoms with van der Waals surface area (Å²) in [5.41, 5.74) is 0. The quantitative estimate of drug-likeness (QED) is 0.777. The Hall–Kier alpha value is -1.80. The van der Waals surface area contributed by atoms with Gasteiger partial charge >= 0.3 is 6.09 Å². The summed E-state index contributed by atoms with van der Waals surface area (Å²) in [5, 5.41) is 11.1. The van der Waals surface area contributed by atoms with Crippen LogP contribution in [-0.2, 0) is 16.0 Å². The van der Waals surface area contributed by atoms with Gasteiger partial charge in [0.2, 0.25) is 5.91 Å². The number of carbonyl (C=O) groups is 2. The number of carbonyl (C=O) groups excluding carboxylic acids is 1. The van der Waals surface area contributed by atoms with E-state index in [9.17, 15) is 18.5 Å². The number of rotatable bonds is 5. The van der Waals surface area contributed by atoms with Crippen molar-refractivity contribution in [2.24, 2.45) is 5.92 Å². The highest BCUT2D eigenvalue weighted by atomic mass is 32.2. The molecule has 1 aromatic carbocycles. The lowest BCUT2D eigenvalue weighted by atomic mass is 10.0. The van der Waals surface area contributed by atoms with Crippen molar-refractivity contribution in [1.29, 1.82) is 0 Å². The van der Waals surface area contributed by atoms with E-state index in [0.717, 1.165) is 0 Å². The fourth-order valence-corrected chi connectivity index (χ4v) is 4.32. The first-order valence-electron chi connectivity index (χ1n) is 8.24. The Labute approximate surface area is 149 Å². The molecule has 6 nitrogen and oxygen atoms in total. The summed E-state index contributed by atoms with van der Waals surface area (Å²) < 4.78 is 25.5. The Balaban J connectivity index is 1.94. The summed E-state index contributed by atoms with van der Waals surface area (Å²) in [7, 11) is 0. The van der Waals surface area contributed by atoms with Crippen molar-refractivity contribution >= 4 is 23.2 Å². The summed E-state index contributed by atoms with van der Waals surface area (Å²) in [5.74, 6) is -0.773. The van der Waals surface area contributed by atoms with Gasteiger partial charge in [-0.1, -0.05) is 13.8 Å². The third-order valence-electron chi connectivity index (χ3n) is 4.31. The van der Waals surface area contributed by atoms with Crippen LogP contribution in [0.4, 0.5) is 9.18 Å². The van der Waals surface area contributed by atoms with Crippen LogP contribution in [0, 0.1) is 11.7 Å². The van der Waals surface area contributed by atoms with Crippen molar-refractivity contribution in [1.82, 2.24) is 10.2 Å². The van der Waals surface area contributed by atoms with E-state index in [1.807, 2.05) is 0 Å².